The fourth-order valence-corrected chi connectivity index (χ4v) is 1.39. The van der Waals surface area contributed by atoms with Gasteiger partial charge >= 0.3 is 0 Å². The van der Waals surface area contributed by atoms with Crippen molar-refractivity contribution in [1.29, 1.82) is 0 Å². The monoisotopic (exact) mass is 256 g/mol. The van der Waals surface area contributed by atoms with Crippen molar-refractivity contribution in [1.82, 2.24) is 5.32 Å². The largest absolute Gasteiger partial charge is 0.482 e. The van der Waals surface area contributed by atoms with Crippen LogP contribution < -0.4 is 15.8 Å². The molecule has 0 aliphatic heterocycles. The summed E-state index contributed by atoms with van der Waals surface area (Å²) in [6, 6.07) is 4.91. The molecular weight excluding hydrogens is 240 g/mol. The van der Waals surface area contributed by atoms with Gasteiger partial charge in [-0.25, -0.2) is 0 Å². The number of ether oxygens (including phenoxy) is 1. The van der Waals surface area contributed by atoms with Gasteiger partial charge in [-0.3, -0.25) is 4.79 Å². The van der Waals surface area contributed by atoms with Crippen LogP contribution in [0, 0.1) is 0 Å². The van der Waals surface area contributed by atoms with Crippen molar-refractivity contribution in [3.8, 4) is 5.75 Å². The maximum Gasteiger partial charge on any atom is 0.257 e. The van der Waals surface area contributed by atoms with Gasteiger partial charge in [0.2, 0.25) is 0 Å². The second-order valence-corrected chi connectivity index (χ2v) is 4.11. The number of hydrogen-bond acceptors (Lipinski definition) is 3. The molecule has 0 unspecified atom stereocenters. The van der Waals surface area contributed by atoms with E-state index in [1.54, 1.807) is 18.2 Å². The number of hydrogen-bond donors (Lipinski definition) is 2. The number of unbranched alkanes of at least 4 members (excludes halogenated alkanes) is 1. The Morgan fingerprint density at radius 2 is 2.29 bits per heavy atom. The molecule has 0 aliphatic carbocycles. The third kappa shape index (κ3) is 4.95. The van der Waals surface area contributed by atoms with Crippen LogP contribution in [0.3, 0.4) is 0 Å². The van der Waals surface area contributed by atoms with Crippen LogP contribution in [0.25, 0.3) is 0 Å². The summed E-state index contributed by atoms with van der Waals surface area (Å²) in [7, 11) is 0. The molecule has 0 aliphatic rings. The lowest BCUT2D eigenvalue weighted by atomic mass is 10.3. The van der Waals surface area contributed by atoms with Crippen LogP contribution in [0.2, 0.25) is 5.02 Å². The molecule has 0 bridgehead atoms. The lowest BCUT2D eigenvalue weighted by Gasteiger charge is -2.09. The minimum atomic E-state index is -0.155. The molecule has 1 rings (SSSR count). The second kappa shape index (κ2) is 7.01. The van der Waals surface area contributed by atoms with Crippen molar-refractivity contribution in [3.05, 3.63) is 23.2 Å². The summed E-state index contributed by atoms with van der Waals surface area (Å²) < 4.78 is 5.29. The normalized spacial score (nSPS) is 10.0. The van der Waals surface area contributed by atoms with Crippen LogP contribution >= 0.6 is 11.6 Å². The maximum atomic E-state index is 11.4. The predicted octanol–water partition coefficient (Wildman–Crippen LogP) is 2.22. The van der Waals surface area contributed by atoms with E-state index in [1.165, 1.54) is 0 Å². The van der Waals surface area contributed by atoms with Crippen LogP contribution in [-0.4, -0.2) is 19.1 Å². The molecule has 1 amide bonds. The van der Waals surface area contributed by atoms with E-state index in [9.17, 15) is 4.79 Å². The molecule has 0 saturated heterocycles. The van der Waals surface area contributed by atoms with E-state index in [1.807, 2.05) is 0 Å². The molecule has 17 heavy (non-hydrogen) atoms. The number of nitrogens with one attached hydrogen (secondary N) is 1. The molecule has 0 radical (unpaired) electrons. The standard InChI is InChI=1S/C12H17ClN2O2/c1-2-3-6-15-12(16)8-17-11-7-9(13)4-5-10(11)14/h4-5,7H,2-3,6,8,14H2,1H3,(H,15,16). The first-order valence-corrected chi connectivity index (χ1v) is 5.95. The van der Waals surface area contributed by atoms with Crippen LogP contribution in [-0.2, 0) is 4.79 Å². The van der Waals surface area contributed by atoms with E-state index in [-0.39, 0.29) is 12.5 Å². The van der Waals surface area contributed by atoms with Crippen LogP contribution in [0.1, 0.15) is 19.8 Å². The van der Waals surface area contributed by atoms with Gasteiger partial charge < -0.3 is 15.8 Å². The molecule has 0 spiro atoms. The number of carbonyl (C=O) groups is 1. The summed E-state index contributed by atoms with van der Waals surface area (Å²) in [6.07, 6.45) is 2.01. The molecule has 0 fully saturated rings. The number of rotatable bonds is 6. The van der Waals surface area contributed by atoms with Crippen molar-refractivity contribution in [2.24, 2.45) is 0 Å². The highest BCUT2D eigenvalue weighted by Gasteiger charge is 2.05. The Kier molecular flexibility index (Phi) is 5.63. The van der Waals surface area contributed by atoms with Crippen molar-refractivity contribution in [2.45, 2.75) is 19.8 Å². The topological polar surface area (TPSA) is 64.3 Å². The highest BCUT2D eigenvalue weighted by atomic mass is 35.5. The van der Waals surface area contributed by atoms with Crippen LogP contribution in [0.5, 0.6) is 5.75 Å². The molecule has 4 nitrogen and oxygen atoms in total. The number of amides is 1. The van der Waals surface area contributed by atoms with Crippen LogP contribution in [0.15, 0.2) is 18.2 Å². The molecule has 0 atom stereocenters. The molecule has 5 heteroatoms. The van der Waals surface area contributed by atoms with Gasteiger partial charge in [-0.2, -0.15) is 0 Å². The number of nitrogens with two attached hydrogens (primary N) is 1. The Bertz CT molecular complexity index is 383. The van der Waals surface area contributed by atoms with Crippen LogP contribution in [0.4, 0.5) is 5.69 Å². The van der Waals surface area contributed by atoms with Crippen molar-refractivity contribution >= 4 is 23.2 Å². The van der Waals surface area contributed by atoms with Crippen molar-refractivity contribution < 1.29 is 9.53 Å². The first-order valence-electron chi connectivity index (χ1n) is 5.58. The summed E-state index contributed by atoms with van der Waals surface area (Å²) in [4.78, 5) is 11.4. The number of halogens is 1. The molecule has 1 aromatic carbocycles. The van der Waals surface area contributed by atoms with Gasteiger partial charge in [0.15, 0.2) is 6.61 Å². The first-order chi connectivity index (χ1) is 8.13. The summed E-state index contributed by atoms with van der Waals surface area (Å²) in [5.41, 5.74) is 6.15. The quantitative estimate of drug-likeness (QED) is 0.606. The molecular formula is C12H17ClN2O2. The van der Waals surface area contributed by atoms with Gasteiger partial charge in [-0.15, -0.1) is 0 Å². The van der Waals surface area contributed by atoms with Gasteiger partial charge in [0, 0.05) is 17.6 Å². The second-order valence-electron chi connectivity index (χ2n) is 3.67. The molecule has 0 heterocycles. The average Bonchev–Trinajstić information content (AvgIpc) is 2.31. The highest BCUT2D eigenvalue weighted by Crippen LogP contribution is 2.25. The zero-order valence-corrected chi connectivity index (χ0v) is 10.6. The van der Waals surface area contributed by atoms with E-state index in [0.717, 1.165) is 12.8 Å². The number of benzene rings is 1. The average molecular weight is 257 g/mol. The SMILES string of the molecule is CCCCNC(=O)COc1cc(Cl)ccc1N. The zero-order valence-electron chi connectivity index (χ0n) is 9.83. The smallest absolute Gasteiger partial charge is 0.257 e. The van der Waals surface area contributed by atoms with Gasteiger partial charge in [0.05, 0.1) is 5.69 Å². The molecule has 1 aromatic rings. The molecule has 94 valence electrons. The summed E-state index contributed by atoms with van der Waals surface area (Å²) in [6.45, 7) is 2.69. The number of nitrogen functional groups attached to an aromatic ring is 1. The third-order valence-electron chi connectivity index (χ3n) is 2.19. The Balaban J connectivity index is 2.39. The van der Waals surface area contributed by atoms with Crippen molar-refractivity contribution in [2.75, 3.05) is 18.9 Å². The van der Waals surface area contributed by atoms with E-state index < -0.39 is 0 Å². The fraction of sp³-hybridized carbons (Fsp3) is 0.417. The predicted molar refractivity (Wildman–Crippen MR) is 69.3 cm³/mol. The molecule has 3 N–H and O–H groups in total. The first kappa shape index (κ1) is 13.6. The number of carbonyl (C=O) groups excluding carboxylic acids is 1. The Morgan fingerprint density at radius 3 is 3.00 bits per heavy atom. The minimum absolute atomic E-state index is 0.0474. The highest BCUT2D eigenvalue weighted by molar-refractivity contribution is 6.30. The lowest BCUT2D eigenvalue weighted by Crippen LogP contribution is -2.29. The van der Waals surface area contributed by atoms with Gasteiger partial charge in [0.25, 0.3) is 5.91 Å². The molecule has 0 aromatic heterocycles. The zero-order chi connectivity index (χ0) is 12.7. The molecule has 0 saturated carbocycles. The van der Waals surface area contributed by atoms with Gasteiger partial charge in [-0.1, -0.05) is 24.9 Å². The van der Waals surface area contributed by atoms with E-state index in [0.29, 0.717) is 23.0 Å². The summed E-state index contributed by atoms with van der Waals surface area (Å²) in [5, 5.41) is 3.28. The number of anilines is 1. The van der Waals surface area contributed by atoms with E-state index in [2.05, 4.69) is 12.2 Å². The third-order valence-corrected chi connectivity index (χ3v) is 2.42. The Labute approximate surface area is 106 Å². The lowest BCUT2D eigenvalue weighted by molar-refractivity contribution is -0.123. The Hall–Kier alpha value is -1.42. The van der Waals surface area contributed by atoms with Crippen molar-refractivity contribution in [3.63, 3.8) is 0 Å². The minimum Gasteiger partial charge on any atom is -0.482 e. The van der Waals surface area contributed by atoms with E-state index in [4.69, 9.17) is 22.1 Å². The van der Waals surface area contributed by atoms with Gasteiger partial charge in [-0.05, 0) is 18.6 Å². The summed E-state index contributed by atoms with van der Waals surface area (Å²) in [5.74, 6) is 0.279. The Morgan fingerprint density at radius 1 is 1.53 bits per heavy atom. The maximum absolute atomic E-state index is 11.4. The summed E-state index contributed by atoms with van der Waals surface area (Å²) >= 11 is 5.80. The van der Waals surface area contributed by atoms with Gasteiger partial charge in [0.1, 0.15) is 5.75 Å². The fourth-order valence-electron chi connectivity index (χ4n) is 1.23. The van der Waals surface area contributed by atoms with E-state index >= 15 is 0 Å².